The zero-order valence-corrected chi connectivity index (χ0v) is 15.0. The second kappa shape index (κ2) is 9.87. The first kappa shape index (κ1) is 19.0. The Morgan fingerprint density at radius 2 is 1.96 bits per heavy atom. The first-order chi connectivity index (χ1) is 12.1. The summed E-state index contributed by atoms with van der Waals surface area (Å²) in [5, 5.41) is 7.86. The van der Waals surface area contributed by atoms with Crippen molar-refractivity contribution < 1.29 is 19.1 Å². The maximum atomic E-state index is 11.7. The minimum atomic E-state index is -0.248. The van der Waals surface area contributed by atoms with Crippen molar-refractivity contribution in [1.29, 1.82) is 0 Å². The molecule has 0 aliphatic heterocycles. The van der Waals surface area contributed by atoms with Crippen molar-refractivity contribution in [2.45, 2.75) is 13.5 Å². The van der Waals surface area contributed by atoms with Gasteiger partial charge < -0.3 is 14.8 Å². The molecule has 7 nitrogen and oxygen atoms in total. The number of benzene rings is 1. The number of ether oxygens (including phenoxy) is 2. The van der Waals surface area contributed by atoms with Gasteiger partial charge in [0.1, 0.15) is 6.61 Å². The number of thiazole rings is 1. The van der Waals surface area contributed by atoms with Gasteiger partial charge in [0.25, 0.3) is 5.91 Å². The van der Waals surface area contributed by atoms with Crippen LogP contribution >= 0.6 is 11.3 Å². The lowest BCUT2D eigenvalue weighted by atomic mass is 10.1. The second-order valence-corrected chi connectivity index (χ2v) is 6.10. The molecule has 0 fully saturated rings. The number of aromatic nitrogens is 1. The third-order valence-corrected chi connectivity index (χ3v) is 3.96. The predicted octanol–water partition coefficient (Wildman–Crippen LogP) is 2.05. The highest BCUT2D eigenvalue weighted by molar-refractivity contribution is 7.14. The van der Waals surface area contributed by atoms with Gasteiger partial charge in [0.15, 0.2) is 5.13 Å². The van der Waals surface area contributed by atoms with Gasteiger partial charge in [-0.1, -0.05) is 24.3 Å². The molecule has 0 unspecified atom stereocenters. The second-order valence-electron chi connectivity index (χ2n) is 5.24. The number of amides is 2. The monoisotopic (exact) mass is 363 g/mol. The van der Waals surface area contributed by atoms with Gasteiger partial charge in [-0.2, -0.15) is 0 Å². The Balaban J connectivity index is 1.87. The summed E-state index contributed by atoms with van der Waals surface area (Å²) in [5.74, 6) is -0.308. The quantitative estimate of drug-likeness (QED) is 0.666. The van der Waals surface area contributed by atoms with Gasteiger partial charge >= 0.3 is 0 Å². The Morgan fingerprint density at radius 1 is 1.20 bits per heavy atom. The fourth-order valence-corrected chi connectivity index (χ4v) is 2.68. The smallest absolute Gasteiger partial charge is 0.252 e. The van der Waals surface area contributed by atoms with E-state index >= 15 is 0 Å². The standard InChI is InChI=1S/C17H21N3O4S/c1-12(21)18-9-13-3-5-14(6-4-13)15-11-25-17(19-15)20-16(22)10-24-8-7-23-2/h3-6,11H,7-10H2,1-2H3,(H,18,21)(H,19,20,22). The number of rotatable bonds is 9. The van der Waals surface area contributed by atoms with Crippen molar-refractivity contribution in [2.24, 2.45) is 0 Å². The average Bonchev–Trinajstić information content (AvgIpc) is 3.06. The van der Waals surface area contributed by atoms with Crippen LogP contribution in [0.25, 0.3) is 11.3 Å². The van der Waals surface area contributed by atoms with E-state index in [-0.39, 0.29) is 18.4 Å². The molecule has 0 spiro atoms. The van der Waals surface area contributed by atoms with Gasteiger partial charge in [-0.25, -0.2) is 4.98 Å². The fraction of sp³-hybridized carbons (Fsp3) is 0.353. The van der Waals surface area contributed by atoms with Gasteiger partial charge in [0.05, 0.1) is 18.9 Å². The summed E-state index contributed by atoms with van der Waals surface area (Å²) in [6.45, 7) is 2.78. The number of nitrogens with zero attached hydrogens (tertiary/aromatic N) is 1. The molecule has 1 aromatic heterocycles. The summed E-state index contributed by atoms with van der Waals surface area (Å²) >= 11 is 1.35. The topological polar surface area (TPSA) is 89.6 Å². The van der Waals surface area contributed by atoms with E-state index in [1.165, 1.54) is 18.3 Å². The highest BCUT2D eigenvalue weighted by Crippen LogP contribution is 2.25. The van der Waals surface area contributed by atoms with E-state index in [2.05, 4.69) is 15.6 Å². The molecule has 1 aromatic carbocycles. The van der Waals surface area contributed by atoms with Gasteiger partial charge in [-0.3, -0.25) is 14.9 Å². The van der Waals surface area contributed by atoms with Crippen LogP contribution in [0, 0.1) is 0 Å². The van der Waals surface area contributed by atoms with Crippen LogP contribution in [-0.4, -0.2) is 43.7 Å². The normalized spacial score (nSPS) is 10.5. The Labute approximate surface area is 150 Å². The Kier molecular flexibility index (Phi) is 7.52. The third-order valence-electron chi connectivity index (χ3n) is 3.21. The van der Waals surface area contributed by atoms with Crippen LogP contribution in [0.2, 0.25) is 0 Å². The van der Waals surface area contributed by atoms with Gasteiger partial charge in [-0.15, -0.1) is 11.3 Å². The summed E-state index contributed by atoms with van der Waals surface area (Å²) in [5.41, 5.74) is 2.74. The number of hydrogen-bond acceptors (Lipinski definition) is 6. The molecule has 2 aromatic rings. The number of methoxy groups -OCH3 is 1. The van der Waals surface area contributed by atoms with E-state index in [1.54, 1.807) is 7.11 Å². The Morgan fingerprint density at radius 3 is 2.64 bits per heavy atom. The molecule has 0 radical (unpaired) electrons. The molecule has 0 aliphatic carbocycles. The van der Waals surface area contributed by atoms with Crippen molar-refractivity contribution in [1.82, 2.24) is 10.3 Å². The Bertz CT molecular complexity index is 700. The summed E-state index contributed by atoms with van der Waals surface area (Å²) in [7, 11) is 1.58. The zero-order chi connectivity index (χ0) is 18.1. The van der Waals surface area contributed by atoms with Crippen molar-refractivity contribution in [3.8, 4) is 11.3 Å². The zero-order valence-electron chi connectivity index (χ0n) is 14.2. The van der Waals surface area contributed by atoms with Gasteiger partial charge in [0, 0.05) is 31.5 Å². The summed E-state index contributed by atoms with van der Waals surface area (Å²) in [6, 6.07) is 7.75. The van der Waals surface area contributed by atoms with Gasteiger partial charge in [0.2, 0.25) is 5.91 Å². The molecule has 134 valence electrons. The summed E-state index contributed by atoms with van der Waals surface area (Å²) in [4.78, 5) is 27.1. The van der Waals surface area contributed by atoms with E-state index in [9.17, 15) is 9.59 Å². The predicted molar refractivity (Wildman–Crippen MR) is 96.4 cm³/mol. The molecule has 1 heterocycles. The first-order valence-electron chi connectivity index (χ1n) is 7.74. The molecule has 25 heavy (non-hydrogen) atoms. The number of hydrogen-bond donors (Lipinski definition) is 2. The lowest BCUT2D eigenvalue weighted by Crippen LogP contribution is -2.19. The van der Waals surface area contributed by atoms with E-state index in [1.807, 2.05) is 29.6 Å². The van der Waals surface area contributed by atoms with Crippen molar-refractivity contribution in [2.75, 3.05) is 32.2 Å². The first-order valence-corrected chi connectivity index (χ1v) is 8.62. The van der Waals surface area contributed by atoms with Crippen LogP contribution in [0.4, 0.5) is 5.13 Å². The van der Waals surface area contributed by atoms with Crippen molar-refractivity contribution in [3.63, 3.8) is 0 Å². The molecule has 0 atom stereocenters. The number of carbonyl (C=O) groups is 2. The van der Waals surface area contributed by atoms with E-state index < -0.39 is 0 Å². The number of anilines is 1. The van der Waals surface area contributed by atoms with Crippen molar-refractivity contribution in [3.05, 3.63) is 35.2 Å². The van der Waals surface area contributed by atoms with Crippen LogP contribution < -0.4 is 10.6 Å². The molecule has 0 aliphatic rings. The van der Waals surface area contributed by atoms with E-state index in [4.69, 9.17) is 9.47 Å². The molecule has 2 amide bonds. The van der Waals surface area contributed by atoms with Crippen LogP contribution in [0.3, 0.4) is 0 Å². The molecule has 2 rings (SSSR count). The lowest BCUT2D eigenvalue weighted by Gasteiger charge is -2.04. The Hall–Kier alpha value is -2.29. The number of carbonyl (C=O) groups excluding carboxylic acids is 2. The van der Waals surface area contributed by atoms with E-state index in [0.29, 0.717) is 24.9 Å². The maximum Gasteiger partial charge on any atom is 0.252 e. The lowest BCUT2D eigenvalue weighted by molar-refractivity contribution is -0.121. The minimum absolute atomic E-state index is 0.0316. The largest absolute Gasteiger partial charge is 0.382 e. The summed E-state index contributed by atoms with van der Waals surface area (Å²) < 4.78 is 10.0. The van der Waals surface area contributed by atoms with Crippen LogP contribution in [0.5, 0.6) is 0 Å². The molecule has 0 saturated heterocycles. The third kappa shape index (κ3) is 6.61. The fourth-order valence-electron chi connectivity index (χ4n) is 1.95. The van der Waals surface area contributed by atoms with Crippen LogP contribution in [-0.2, 0) is 25.6 Å². The average molecular weight is 363 g/mol. The highest BCUT2D eigenvalue weighted by Gasteiger charge is 2.08. The molecule has 0 saturated carbocycles. The SMILES string of the molecule is COCCOCC(=O)Nc1nc(-c2ccc(CNC(C)=O)cc2)cs1. The molecular formula is C17H21N3O4S. The highest BCUT2D eigenvalue weighted by atomic mass is 32.1. The van der Waals surface area contributed by atoms with E-state index in [0.717, 1.165) is 16.8 Å². The van der Waals surface area contributed by atoms with Crippen LogP contribution in [0.1, 0.15) is 12.5 Å². The molecule has 2 N–H and O–H groups in total. The molecule has 8 heteroatoms. The number of nitrogens with one attached hydrogen (secondary N) is 2. The minimum Gasteiger partial charge on any atom is -0.382 e. The molecule has 0 bridgehead atoms. The molecular weight excluding hydrogens is 342 g/mol. The van der Waals surface area contributed by atoms with Crippen LogP contribution in [0.15, 0.2) is 29.6 Å². The maximum absolute atomic E-state index is 11.7. The van der Waals surface area contributed by atoms with Gasteiger partial charge in [-0.05, 0) is 5.56 Å². The summed E-state index contributed by atoms with van der Waals surface area (Å²) in [6.07, 6.45) is 0. The van der Waals surface area contributed by atoms with Crippen molar-refractivity contribution >= 4 is 28.3 Å².